The molecule has 0 bridgehead atoms. The summed E-state index contributed by atoms with van der Waals surface area (Å²) < 4.78 is 5.27. The Labute approximate surface area is 83.1 Å². The third kappa shape index (κ3) is 2.04. The van der Waals surface area contributed by atoms with E-state index in [1.165, 1.54) is 19.3 Å². The van der Waals surface area contributed by atoms with E-state index in [0.29, 0.717) is 24.5 Å². The molecule has 0 amide bonds. The van der Waals surface area contributed by atoms with Crippen molar-refractivity contribution in [2.75, 3.05) is 5.32 Å². The summed E-state index contributed by atoms with van der Waals surface area (Å²) in [5, 5.41) is 10.9. The van der Waals surface area contributed by atoms with Gasteiger partial charge in [0.15, 0.2) is 0 Å². The first-order chi connectivity index (χ1) is 6.78. The summed E-state index contributed by atoms with van der Waals surface area (Å²) in [6.45, 7) is 2.57. The number of nitrogens with one attached hydrogen (secondary N) is 1. The molecule has 0 aliphatic heterocycles. The molecule has 2 rings (SSSR count). The quantitative estimate of drug-likeness (QED) is 0.757. The normalized spacial score (nSPS) is 26.7. The SMILES string of the molecule is CC1CCC(Nc2nnc(CN)o2)C1. The van der Waals surface area contributed by atoms with Gasteiger partial charge in [0.25, 0.3) is 0 Å². The largest absolute Gasteiger partial charge is 0.407 e. The molecule has 1 aliphatic carbocycles. The van der Waals surface area contributed by atoms with E-state index in [2.05, 4.69) is 22.4 Å². The van der Waals surface area contributed by atoms with Crippen LogP contribution in [-0.4, -0.2) is 16.2 Å². The molecule has 5 heteroatoms. The third-order valence-electron chi connectivity index (χ3n) is 2.66. The Hall–Kier alpha value is -1.10. The lowest BCUT2D eigenvalue weighted by molar-refractivity contribution is 0.499. The molecule has 0 aromatic carbocycles. The zero-order chi connectivity index (χ0) is 9.97. The average Bonchev–Trinajstić information content (AvgIpc) is 2.76. The fourth-order valence-corrected chi connectivity index (χ4v) is 1.91. The van der Waals surface area contributed by atoms with Gasteiger partial charge in [-0.05, 0) is 25.2 Å². The number of nitrogens with zero attached hydrogens (tertiary/aromatic N) is 2. The van der Waals surface area contributed by atoms with Crippen LogP contribution < -0.4 is 11.1 Å². The van der Waals surface area contributed by atoms with Gasteiger partial charge in [0, 0.05) is 6.04 Å². The average molecular weight is 196 g/mol. The van der Waals surface area contributed by atoms with Gasteiger partial charge in [0.05, 0.1) is 6.54 Å². The minimum atomic E-state index is 0.301. The van der Waals surface area contributed by atoms with Crippen molar-refractivity contribution in [2.24, 2.45) is 11.7 Å². The number of anilines is 1. The number of rotatable bonds is 3. The third-order valence-corrected chi connectivity index (χ3v) is 2.66. The van der Waals surface area contributed by atoms with E-state index in [1.54, 1.807) is 0 Å². The Balaban J connectivity index is 1.90. The van der Waals surface area contributed by atoms with Crippen molar-refractivity contribution in [1.82, 2.24) is 10.2 Å². The van der Waals surface area contributed by atoms with Crippen LogP contribution in [0.5, 0.6) is 0 Å². The molecule has 2 atom stereocenters. The van der Waals surface area contributed by atoms with Gasteiger partial charge in [-0.3, -0.25) is 0 Å². The van der Waals surface area contributed by atoms with E-state index in [0.717, 1.165) is 5.92 Å². The zero-order valence-electron chi connectivity index (χ0n) is 8.36. The molecule has 1 heterocycles. The number of nitrogens with two attached hydrogens (primary N) is 1. The van der Waals surface area contributed by atoms with Crippen LogP contribution in [0.15, 0.2) is 4.42 Å². The molecule has 0 spiro atoms. The van der Waals surface area contributed by atoms with Crippen molar-refractivity contribution in [3.05, 3.63) is 5.89 Å². The topological polar surface area (TPSA) is 77.0 Å². The van der Waals surface area contributed by atoms with Crippen LogP contribution in [0.2, 0.25) is 0 Å². The molecule has 2 unspecified atom stereocenters. The van der Waals surface area contributed by atoms with Crippen molar-refractivity contribution in [3.63, 3.8) is 0 Å². The number of hydrogen-bond donors (Lipinski definition) is 2. The minimum Gasteiger partial charge on any atom is -0.407 e. The van der Waals surface area contributed by atoms with Crippen LogP contribution in [0.4, 0.5) is 6.01 Å². The van der Waals surface area contributed by atoms with Gasteiger partial charge in [-0.25, -0.2) is 0 Å². The standard InChI is InChI=1S/C9H16N4O/c1-6-2-3-7(4-6)11-9-13-12-8(5-10)14-9/h6-7H,2-5,10H2,1H3,(H,11,13). The lowest BCUT2D eigenvalue weighted by atomic mass is 10.1. The Morgan fingerprint density at radius 1 is 1.50 bits per heavy atom. The van der Waals surface area contributed by atoms with Crippen LogP contribution in [-0.2, 0) is 6.54 Å². The van der Waals surface area contributed by atoms with Gasteiger partial charge >= 0.3 is 6.01 Å². The highest BCUT2D eigenvalue weighted by Crippen LogP contribution is 2.26. The van der Waals surface area contributed by atoms with Gasteiger partial charge < -0.3 is 15.5 Å². The Kier molecular flexibility index (Phi) is 2.67. The van der Waals surface area contributed by atoms with E-state index in [9.17, 15) is 0 Å². The molecule has 78 valence electrons. The molecular formula is C9H16N4O. The van der Waals surface area contributed by atoms with Crippen molar-refractivity contribution >= 4 is 6.01 Å². The molecule has 1 aliphatic rings. The maximum absolute atomic E-state index is 5.37. The monoisotopic (exact) mass is 196 g/mol. The molecular weight excluding hydrogens is 180 g/mol. The Bertz CT molecular complexity index is 299. The van der Waals surface area contributed by atoms with Gasteiger partial charge in [-0.1, -0.05) is 12.0 Å². The lowest BCUT2D eigenvalue weighted by Crippen LogP contribution is -2.15. The number of hydrogen-bond acceptors (Lipinski definition) is 5. The predicted octanol–water partition coefficient (Wildman–Crippen LogP) is 1.13. The van der Waals surface area contributed by atoms with Crippen LogP contribution >= 0.6 is 0 Å². The first kappa shape index (κ1) is 9.45. The lowest BCUT2D eigenvalue weighted by Gasteiger charge is -2.08. The fraction of sp³-hybridized carbons (Fsp3) is 0.778. The summed E-state index contributed by atoms with van der Waals surface area (Å²) in [4.78, 5) is 0. The highest BCUT2D eigenvalue weighted by molar-refractivity contribution is 5.20. The summed E-state index contributed by atoms with van der Waals surface area (Å²) in [5.74, 6) is 1.28. The van der Waals surface area contributed by atoms with Crippen molar-refractivity contribution in [2.45, 2.75) is 38.8 Å². The molecule has 5 nitrogen and oxygen atoms in total. The first-order valence-electron chi connectivity index (χ1n) is 5.07. The van der Waals surface area contributed by atoms with Crippen LogP contribution in [0.3, 0.4) is 0 Å². The van der Waals surface area contributed by atoms with Gasteiger partial charge in [-0.15, -0.1) is 5.10 Å². The second-order valence-electron chi connectivity index (χ2n) is 3.96. The molecule has 0 radical (unpaired) electrons. The molecule has 14 heavy (non-hydrogen) atoms. The van der Waals surface area contributed by atoms with Crippen LogP contribution in [0, 0.1) is 5.92 Å². The van der Waals surface area contributed by atoms with Crippen molar-refractivity contribution in [1.29, 1.82) is 0 Å². The summed E-state index contributed by atoms with van der Waals surface area (Å²) >= 11 is 0. The highest BCUT2D eigenvalue weighted by Gasteiger charge is 2.22. The molecule has 0 saturated heterocycles. The first-order valence-corrected chi connectivity index (χ1v) is 5.07. The van der Waals surface area contributed by atoms with E-state index < -0.39 is 0 Å². The number of aromatic nitrogens is 2. The summed E-state index contributed by atoms with van der Waals surface area (Å²) in [6.07, 6.45) is 3.64. The molecule has 1 aromatic heterocycles. The van der Waals surface area contributed by atoms with Crippen molar-refractivity contribution < 1.29 is 4.42 Å². The Morgan fingerprint density at radius 2 is 2.36 bits per heavy atom. The molecule has 1 aromatic rings. The predicted molar refractivity (Wildman–Crippen MR) is 52.6 cm³/mol. The highest BCUT2D eigenvalue weighted by atomic mass is 16.4. The smallest absolute Gasteiger partial charge is 0.315 e. The Morgan fingerprint density at radius 3 is 2.93 bits per heavy atom. The second-order valence-corrected chi connectivity index (χ2v) is 3.96. The van der Waals surface area contributed by atoms with E-state index in [4.69, 9.17) is 10.2 Å². The maximum Gasteiger partial charge on any atom is 0.315 e. The van der Waals surface area contributed by atoms with E-state index in [-0.39, 0.29) is 0 Å². The maximum atomic E-state index is 5.37. The van der Waals surface area contributed by atoms with Crippen LogP contribution in [0.1, 0.15) is 32.1 Å². The van der Waals surface area contributed by atoms with Gasteiger partial charge in [0.1, 0.15) is 0 Å². The zero-order valence-corrected chi connectivity index (χ0v) is 8.36. The summed E-state index contributed by atoms with van der Waals surface area (Å²) in [6, 6.07) is 0.987. The minimum absolute atomic E-state index is 0.301. The summed E-state index contributed by atoms with van der Waals surface area (Å²) in [7, 11) is 0. The second kappa shape index (κ2) is 3.96. The summed E-state index contributed by atoms with van der Waals surface area (Å²) in [5.41, 5.74) is 5.37. The van der Waals surface area contributed by atoms with E-state index in [1.807, 2.05) is 0 Å². The molecule has 1 saturated carbocycles. The van der Waals surface area contributed by atoms with Gasteiger partial charge in [0.2, 0.25) is 5.89 Å². The van der Waals surface area contributed by atoms with Crippen molar-refractivity contribution in [3.8, 4) is 0 Å². The van der Waals surface area contributed by atoms with E-state index >= 15 is 0 Å². The molecule has 1 fully saturated rings. The van der Waals surface area contributed by atoms with Crippen LogP contribution in [0.25, 0.3) is 0 Å². The van der Waals surface area contributed by atoms with Gasteiger partial charge in [-0.2, -0.15) is 0 Å². The fourth-order valence-electron chi connectivity index (χ4n) is 1.91. The molecule has 3 N–H and O–H groups in total.